The number of hydrogen-bond donors (Lipinski definition) is 3. The van der Waals surface area contributed by atoms with Gasteiger partial charge in [-0.15, -0.1) is 0 Å². The molecule has 1 aromatic heterocycles. The highest BCUT2D eigenvalue weighted by Crippen LogP contribution is 2.28. The van der Waals surface area contributed by atoms with Crippen molar-refractivity contribution in [3.05, 3.63) is 11.8 Å². The second kappa shape index (κ2) is 7.11. The predicted octanol–water partition coefficient (Wildman–Crippen LogP) is 0.653. The second-order valence-electron chi connectivity index (χ2n) is 7.76. The molecule has 3 rings (SSSR count). The van der Waals surface area contributed by atoms with E-state index in [9.17, 15) is 4.79 Å². The van der Waals surface area contributed by atoms with E-state index in [4.69, 9.17) is 5.73 Å². The Morgan fingerprint density at radius 3 is 2.83 bits per heavy atom. The van der Waals surface area contributed by atoms with Gasteiger partial charge in [0.15, 0.2) is 5.82 Å². The first-order valence-electron chi connectivity index (χ1n) is 9.00. The van der Waals surface area contributed by atoms with Crippen molar-refractivity contribution in [2.24, 2.45) is 5.73 Å². The van der Waals surface area contributed by atoms with Crippen molar-refractivity contribution in [1.82, 2.24) is 20.4 Å². The molecule has 0 radical (unpaired) electrons. The molecular formula is C17H30N6O. The summed E-state index contributed by atoms with van der Waals surface area (Å²) in [7, 11) is 0. The van der Waals surface area contributed by atoms with E-state index in [2.05, 4.69) is 26.5 Å². The number of anilines is 1. The standard InChI is InChI=1S/C17H30N6O/c1-17(2,18)11-16(24)23-7-3-4-13(12-23)14-10-15(21-20-14)22-8-5-19-6-9-22/h10,13,19H,3-9,11-12,18H2,1-2H3,(H,20,21). The lowest BCUT2D eigenvalue weighted by Crippen LogP contribution is -2.44. The van der Waals surface area contributed by atoms with E-state index in [0.717, 1.165) is 63.6 Å². The molecule has 0 spiro atoms. The minimum absolute atomic E-state index is 0.161. The molecule has 2 saturated heterocycles. The average Bonchev–Trinajstić information content (AvgIpc) is 3.04. The molecule has 0 aromatic carbocycles. The fourth-order valence-electron chi connectivity index (χ4n) is 3.55. The number of aromatic amines is 1. The number of rotatable bonds is 4. The lowest BCUT2D eigenvalue weighted by Gasteiger charge is -2.34. The van der Waals surface area contributed by atoms with Crippen LogP contribution < -0.4 is 16.0 Å². The van der Waals surface area contributed by atoms with Gasteiger partial charge < -0.3 is 20.9 Å². The van der Waals surface area contributed by atoms with Gasteiger partial charge in [0.1, 0.15) is 0 Å². The van der Waals surface area contributed by atoms with Crippen LogP contribution in [-0.4, -0.2) is 65.8 Å². The number of piperidine rings is 1. The molecule has 1 amide bonds. The van der Waals surface area contributed by atoms with Crippen LogP contribution in [0, 0.1) is 0 Å². The molecule has 2 fully saturated rings. The van der Waals surface area contributed by atoms with Gasteiger partial charge in [-0.1, -0.05) is 0 Å². The maximum Gasteiger partial charge on any atom is 0.224 e. The molecule has 1 atom stereocenters. The Morgan fingerprint density at radius 1 is 1.38 bits per heavy atom. The van der Waals surface area contributed by atoms with Crippen LogP contribution in [0.15, 0.2) is 6.07 Å². The number of nitrogens with two attached hydrogens (primary N) is 1. The summed E-state index contributed by atoms with van der Waals surface area (Å²) in [5, 5.41) is 11.1. The minimum Gasteiger partial charge on any atom is -0.353 e. The lowest BCUT2D eigenvalue weighted by molar-refractivity contribution is -0.133. The molecule has 3 heterocycles. The van der Waals surface area contributed by atoms with E-state index in [1.54, 1.807) is 0 Å². The molecule has 1 aromatic rings. The first kappa shape index (κ1) is 17.2. The molecule has 134 valence electrons. The number of hydrogen-bond acceptors (Lipinski definition) is 5. The van der Waals surface area contributed by atoms with Gasteiger partial charge in [0.05, 0.1) is 0 Å². The van der Waals surface area contributed by atoms with E-state index in [0.29, 0.717) is 12.3 Å². The molecule has 0 aliphatic carbocycles. The van der Waals surface area contributed by atoms with Crippen LogP contribution >= 0.6 is 0 Å². The zero-order valence-corrected chi connectivity index (χ0v) is 14.8. The number of carbonyl (C=O) groups is 1. The van der Waals surface area contributed by atoms with Gasteiger partial charge in [0, 0.05) is 68.9 Å². The zero-order chi connectivity index (χ0) is 17.2. The average molecular weight is 334 g/mol. The second-order valence-corrected chi connectivity index (χ2v) is 7.76. The summed E-state index contributed by atoms with van der Waals surface area (Å²) in [4.78, 5) is 16.7. The van der Waals surface area contributed by atoms with Crippen LogP contribution in [0.25, 0.3) is 0 Å². The number of amides is 1. The highest BCUT2D eigenvalue weighted by Gasteiger charge is 2.28. The first-order chi connectivity index (χ1) is 11.4. The number of piperazine rings is 1. The third kappa shape index (κ3) is 4.27. The lowest BCUT2D eigenvalue weighted by atomic mass is 9.93. The monoisotopic (exact) mass is 334 g/mol. The van der Waals surface area contributed by atoms with Crippen molar-refractivity contribution in [2.75, 3.05) is 44.2 Å². The van der Waals surface area contributed by atoms with Crippen molar-refractivity contribution < 1.29 is 4.79 Å². The smallest absolute Gasteiger partial charge is 0.224 e. The van der Waals surface area contributed by atoms with Crippen LogP contribution in [0.4, 0.5) is 5.82 Å². The Kier molecular flexibility index (Phi) is 5.10. The van der Waals surface area contributed by atoms with E-state index < -0.39 is 5.54 Å². The van der Waals surface area contributed by atoms with Gasteiger partial charge in [0.2, 0.25) is 5.91 Å². The molecule has 4 N–H and O–H groups in total. The molecule has 24 heavy (non-hydrogen) atoms. The Labute approximate surface area is 143 Å². The van der Waals surface area contributed by atoms with E-state index in [-0.39, 0.29) is 5.91 Å². The summed E-state index contributed by atoms with van der Waals surface area (Å²) in [5.74, 6) is 1.53. The number of nitrogens with zero attached hydrogens (tertiary/aromatic N) is 3. The summed E-state index contributed by atoms with van der Waals surface area (Å²) < 4.78 is 0. The van der Waals surface area contributed by atoms with Crippen molar-refractivity contribution in [3.63, 3.8) is 0 Å². The van der Waals surface area contributed by atoms with Crippen molar-refractivity contribution in [1.29, 1.82) is 0 Å². The molecule has 7 nitrogen and oxygen atoms in total. The molecule has 2 aliphatic rings. The molecule has 2 aliphatic heterocycles. The summed E-state index contributed by atoms with van der Waals surface area (Å²) >= 11 is 0. The van der Waals surface area contributed by atoms with Gasteiger partial charge in [-0.2, -0.15) is 5.10 Å². The number of likely N-dealkylation sites (tertiary alicyclic amines) is 1. The summed E-state index contributed by atoms with van der Waals surface area (Å²) in [5.41, 5.74) is 6.70. The summed E-state index contributed by atoms with van der Waals surface area (Å²) in [6.07, 6.45) is 2.52. The SMILES string of the molecule is CC(C)(N)CC(=O)N1CCCC(c2cc(N3CCNCC3)n[nH]2)C1. The molecular weight excluding hydrogens is 304 g/mol. The van der Waals surface area contributed by atoms with Gasteiger partial charge in [-0.05, 0) is 26.7 Å². The van der Waals surface area contributed by atoms with Gasteiger partial charge in [0.25, 0.3) is 0 Å². The molecule has 1 unspecified atom stereocenters. The fourth-order valence-corrected chi connectivity index (χ4v) is 3.55. The first-order valence-corrected chi connectivity index (χ1v) is 9.00. The topological polar surface area (TPSA) is 90.3 Å². The van der Waals surface area contributed by atoms with Crippen molar-refractivity contribution in [2.45, 2.75) is 44.6 Å². The van der Waals surface area contributed by atoms with E-state index in [1.807, 2.05) is 18.7 Å². The molecule has 0 bridgehead atoms. The Balaban J connectivity index is 1.62. The Morgan fingerprint density at radius 2 is 2.12 bits per heavy atom. The van der Waals surface area contributed by atoms with E-state index >= 15 is 0 Å². The van der Waals surface area contributed by atoms with Crippen LogP contribution in [0.2, 0.25) is 0 Å². The molecule has 7 heteroatoms. The molecule has 0 saturated carbocycles. The van der Waals surface area contributed by atoms with Crippen molar-refractivity contribution in [3.8, 4) is 0 Å². The van der Waals surface area contributed by atoms with Gasteiger partial charge in [-0.3, -0.25) is 9.89 Å². The Hall–Kier alpha value is -1.60. The third-order valence-corrected chi connectivity index (χ3v) is 4.85. The quantitative estimate of drug-likeness (QED) is 0.752. The van der Waals surface area contributed by atoms with Crippen LogP contribution in [0.5, 0.6) is 0 Å². The minimum atomic E-state index is -0.451. The van der Waals surface area contributed by atoms with E-state index in [1.165, 1.54) is 0 Å². The number of H-pyrrole nitrogens is 1. The maximum absolute atomic E-state index is 12.4. The Bertz CT molecular complexity index is 558. The highest BCUT2D eigenvalue weighted by atomic mass is 16.2. The maximum atomic E-state index is 12.4. The zero-order valence-electron chi connectivity index (χ0n) is 14.8. The van der Waals surface area contributed by atoms with Crippen LogP contribution in [0.1, 0.15) is 44.7 Å². The van der Waals surface area contributed by atoms with Crippen LogP contribution in [0.3, 0.4) is 0 Å². The van der Waals surface area contributed by atoms with Gasteiger partial charge in [-0.25, -0.2) is 0 Å². The third-order valence-electron chi connectivity index (χ3n) is 4.85. The summed E-state index contributed by atoms with van der Waals surface area (Å²) in [6, 6.07) is 2.16. The summed E-state index contributed by atoms with van der Waals surface area (Å²) in [6.45, 7) is 9.39. The van der Waals surface area contributed by atoms with Crippen molar-refractivity contribution >= 4 is 11.7 Å². The fraction of sp³-hybridized carbons (Fsp3) is 0.765. The number of nitrogens with one attached hydrogen (secondary N) is 2. The predicted molar refractivity (Wildman–Crippen MR) is 95.1 cm³/mol. The number of carbonyl (C=O) groups excluding carboxylic acids is 1. The highest BCUT2D eigenvalue weighted by molar-refractivity contribution is 5.77. The normalized spacial score (nSPS) is 22.7. The van der Waals surface area contributed by atoms with Crippen LogP contribution in [-0.2, 0) is 4.79 Å². The van der Waals surface area contributed by atoms with Gasteiger partial charge >= 0.3 is 0 Å². The number of aromatic nitrogens is 2. The largest absolute Gasteiger partial charge is 0.353 e.